The number of aliphatic imine (C=N–C) groups is 2. The second kappa shape index (κ2) is 12.4. The van der Waals surface area contributed by atoms with E-state index < -0.39 is 0 Å². The molecule has 0 spiro atoms. The van der Waals surface area contributed by atoms with Crippen LogP contribution in [0, 0.1) is 5.41 Å². The summed E-state index contributed by atoms with van der Waals surface area (Å²) in [5, 5.41) is 7.89. The Balaban J connectivity index is 1.33. The Morgan fingerprint density at radius 1 is 1.21 bits per heavy atom. The molecule has 1 saturated carbocycles. The van der Waals surface area contributed by atoms with Crippen LogP contribution in [0.5, 0.6) is 0 Å². The lowest BCUT2D eigenvalue weighted by molar-refractivity contribution is 0.0283. The molecule has 0 bridgehead atoms. The molecular formula is C26H40ClN5O2. The molecule has 2 fully saturated rings. The number of halogens is 1. The molecular weight excluding hydrogens is 450 g/mol. The van der Waals surface area contributed by atoms with Gasteiger partial charge in [0.15, 0.2) is 0 Å². The Kier molecular flexibility index (Phi) is 9.34. The molecule has 1 aliphatic carbocycles. The lowest BCUT2D eigenvalue weighted by atomic mass is 9.82. The van der Waals surface area contributed by atoms with Crippen LogP contribution in [-0.2, 0) is 9.47 Å². The third kappa shape index (κ3) is 7.23. The SMILES string of the molecule is COCCNC1CCC(Nc2cc(C3=NCCC(=NCC4(C)CCOCC4)C3)c(Cl)cn2)CC1. The third-order valence-corrected chi connectivity index (χ3v) is 7.74. The summed E-state index contributed by atoms with van der Waals surface area (Å²) >= 11 is 6.58. The van der Waals surface area contributed by atoms with E-state index in [2.05, 4.69) is 28.6 Å². The summed E-state index contributed by atoms with van der Waals surface area (Å²) in [6, 6.07) is 3.10. The highest BCUT2D eigenvalue weighted by molar-refractivity contribution is 6.35. The molecule has 2 aliphatic heterocycles. The molecule has 34 heavy (non-hydrogen) atoms. The van der Waals surface area contributed by atoms with E-state index in [-0.39, 0.29) is 5.41 Å². The standard InChI is InChI=1S/C26H40ClN5O2/c1-26(8-12-34-13-9-26)18-31-21-7-10-29-24(15-21)22-16-25(30-17-23(22)27)32-20-5-3-19(4-6-20)28-11-14-33-2/h16-17,19-20,28H,3-15,18H2,1-2H3,(H,30,32). The summed E-state index contributed by atoms with van der Waals surface area (Å²) in [6.07, 6.45) is 10.2. The Morgan fingerprint density at radius 3 is 2.74 bits per heavy atom. The number of hydrogen-bond donors (Lipinski definition) is 2. The van der Waals surface area contributed by atoms with Gasteiger partial charge in [-0.05, 0) is 50.0 Å². The van der Waals surface area contributed by atoms with Crippen molar-refractivity contribution in [3.05, 3.63) is 22.8 Å². The summed E-state index contributed by atoms with van der Waals surface area (Å²) in [6.45, 7) is 7.36. The van der Waals surface area contributed by atoms with E-state index in [0.29, 0.717) is 17.1 Å². The van der Waals surface area contributed by atoms with Crippen LogP contribution < -0.4 is 10.6 Å². The van der Waals surface area contributed by atoms with Crippen molar-refractivity contribution >= 4 is 28.8 Å². The minimum absolute atomic E-state index is 0.254. The molecule has 4 rings (SSSR count). The fourth-order valence-corrected chi connectivity index (χ4v) is 5.27. The fraction of sp³-hybridized carbons (Fsp3) is 0.731. The van der Waals surface area contributed by atoms with Crippen molar-refractivity contribution < 1.29 is 9.47 Å². The predicted molar refractivity (Wildman–Crippen MR) is 140 cm³/mol. The van der Waals surface area contributed by atoms with Gasteiger partial charge in [-0.25, -0.2) is 4.98 Å². The molecule has 0 unspecified atom stereocenters. The number of rotatable bonds is 9. The zero-order valence-electron chi connectivity index (χ0n) is 20.7. The summed E-state index contributed by atoms with van der Waals surface area (Å²) in [5.74, 6) is 0.886. The highest BCUT2D eigenvalue weighted by Crippen LogP contribution is 2.31. The maximum absolute atomic E-state index is 6.58. The average molecular weight is 490 g/mol. The second-order valence-corrected chi connectivity index (χ2v) is 10.7. The summed E-state index contributed by atoms with van der Waals surface area (Å²) in [4.78, 5) is 14.4. The molecule has 0 radical (unpaired) electrons. The Hall–Kier alpha value is -1.54. The lowest BCUT2D eigenvalue weighted by Crippen LogP contribution is -2.38. The van der Waals surface area contributed by atoms with Gasteiger partial charge < -0.3 is 20.1 Å². The Labute approximate surface area is 209 Å². The van der Waals surface area contributed by atoms with Crippen molar-refractivity contribution in [3.8, 4) is 0 Å². The first kappa shape index (κ1) is 25.5. The highest BCUT2D eigenvalue weighted by Gasteiger charge is 2.27. The molecule has 8 heteroatoms. The predicted octanol–water partition coefficient (Wildman–Crippen LogP) is 4.53. The molecule has 1 saturated heterocycles. The largest absolute Gasteiger partial charge is 0.383 e. The quantitative estimate of drug-likeness (QED) is 0.498. The second-order valence-electron chi connectivity index (χ2n) is 10.2. The first-order valence-corrected chi connectivity index (χ1v) is 13.2. The number of methoxy groups -OCH3 is 1. The molecule has 3 heterocycles. The number of aromatic nitrogens is 1. The van der Waals surface area contributed by atoms with Gasteiger partial charge in [-0.1, -0.05) is 18.5 Å². The zero-order valence-corrected chi connectivity index (χ0v) is 21.5. The number of nitrogens with one attached hydrogen (secondary N) is 2. The summed E-state index contributed by atoms with van der Waals surface area (Å²) in [5.41, 5.74) is 3.51. The normalized spacial score (nSPS) is 26.3. The fourth-order valence-electron chi connectivity index (χ4n) is 5.05. The molecule has 7 nitrogen and oxygen atoms in total. The molecule has 1 aromatic heterocycles. The number of ether oxygens (including phenoxy) is 2. The molecule has 0 amide bonds. The highest BCUT2D eigenvalue weighted by atomic mass is 35.5. The molecule has 188 valence electrons. The van der Waals surface area contributed by atoms with E-state index in [9.17, 15) is 0 Å². The minimum Gasteiger partial charge on any atom is -0.383 e. The van der Waals surface area contributed by atoms with Gasteiger partial charge in [-0.3, -0.25) is 9.98 Å². The van der Waals surface area contributed by atoms with Crippen LogP contribution in [0.2, 0.25) is 5.02 Å². The average Bonchev–Trinajstić information content (AvgIpc) is 2.86. The van der Waals surface area contributed by atoms with Gasteiger partial charge in [-0.15, -0.1) is 0 Å². The van der Waals surface area contributed by atoms with E-state index in [1.165, 1.54) is 18.6 Å². The number of nitrogens with zero attached hydrogens (tertiary/aromatic N) is 3. The van der Waals surface area contributed by atoms with Crippen LogP contribution in [0.4, 0.5) is 5.82 Å². The van der Waals surface area contributed by atoms with Crippen LogP contribution in [0.25, 0.3) is 0 Å². The van der Waals surface area contributed by atoms with Crippen LogP contribution in [0.3, 0.4) is 0 Å². The number of pyridine rings is 1. The molecule has 0 aromatic carbocycles. The topological polar surface area (TPSA) is 80.1 Å². The van der Waals surface area contributed by atoms with Gasteiger partial charge in [-0.2, -0.15) is 0 Å². The van der Waals surface area contributed by atoms with E-state index in [0.717, 1.165) is 95.1 Å². The first-order chi connectivity index (χ1) is 16.5. The maximum Gasteiger partial charge on any atom is 0.126 e. The summed E-state index contributed by atoms with van der Waals surface area (Å²) in [7, 11) is 1.75. The Morgan fingerprint density at radius 2 is 1.97 bits per heavy atom. The van der Waals surface area contributed by atoms with E-state index in [4.69, 9.17) is 31.1 Å². The molecule has 0 atom stereocenters. The van der Waals surface area contributed by atoms with E-state index in [1.807, 2.05) is 0 Å². The Bertz CT molecular complexity index is 861. The van der Waals surface area contributed by atoms with Crippen molar-refractivity contribution in [3.63, 3.8) is 0 Å². The van der Waals surface area contributed by atoms with E-state index in [1.54, 1.807) is 13.3 Å². The molecule has 3 aliphatic rings. The van der Waals surface area contributed by atoms with Crippen molar-refractivity contribution in [1.82, 2.24) is 10.3 Å². The van der Waals surface area contributed by atoms with Gasteiger partial charge in [0.25, 0.3) is 0 Å². The van der Waals surface area contributed by atoms with Gasteiger partial charge in [0.2, 0.25) is 0 Å². The van der Waals surface area contributed by atoms with Crippen molar-refractivity contribution in [2.45, 2.75) is 70.4 Å². The van der Waals surface area contributed by atoms with Gasteiger partial charge in [0.1, 0.15) is 5.82 Å². The van der Waals surface area contributed by atoms with Crippen molar-refractivity contribution in [2.24, 2.45) is 15.4 Å². The zero-order chi connectivity index (χ0) is 23.8. The monoisotopic (exact) mass is 489 g/mol. The number of hydrogen-bond acceptors (Lipinski definition) is 7. The van der Waals surface area contributed by atoms with Crippen molar-refractivity contribution in [2.75, 3.05) is 51.9 Å². The molecule has 2 N–H and O–H groups in total. The van der Waals surface area contributed by atoms with Crippen LogP contribution in [0.1, 0.15) is 63.9 Å². The van der Waals surface area contributed by atoms with E-state index >= 15 is 0 Å². The third-order valence-electron chi connectivity index (χ3n) is 7.44. The van der Waals surface area contributed by atoms with Crippen LogP contribution in [-0.4, -0.2) is 75.1 Å². The maximum atomic E-state index is 6.58. The van der Waals surface area contributed by atoms with Gasteiger partial charge in [0, 0.05) is 88.1 Å². The van der Waals surface area contributed by atoms with Gasteiger partial charge >= 0.3 is 0 Å². The van der Waals surface area contributed by atoms with Crippen LogP contribution in [0.15, 0.2) is 22.2 Å². The van der Waals surface area contributed by atoms with Gasteiger partial charge in [0.05, 0.1) is 11.6 Å². The molecule has 1 aromatic rings. The minimum atomic E-state index is 0.254. The lowest BCUT2D eigenvalue weighted by Gasteiger charge is -2.32. The van der Waals surface area contributed by atoms with Crippen LogP contribution >= 0.6 is 11.6 Å². The first-order valence-electron chi connectivity index (χ1n) is 12.8. The number of anilines is 1. The van der Waals surface area contributed by atoms with Crippen molar-refractivity contribution in [1.29, 1.82) is 0 Å². The smallest absolute Gasteiger partial charge is 0.126 e. The summed E-state index contributed by atoms with van der Waals surface area (Å²) < 4.78 is 10.7.